The van der Waals surface area contributed by atoms with Crippen molar-refractivity contribution in [3.63, 3.8) is 0 Å². The first-order valence-corrected chi connectivity index (χ1v) is 10.1. The fraction of sp³-hybridized carbons (Fsp3) is 0.318. The Balaban J connectivity index is 1.85. The molecule has 2 rings (SSSR count). The Morgan fingerprint density at radius 3 is 2.10 bits per heavy atom. The summed E-state index contributed by atoms with van der Waals surface area (Å²) in [5.74, 6) is 0.298. The van der Waals surface area contributed by atoms with E-state index in [-0.39, 0.29) is 22.8 Å². The van der Waals surface area contributed by atoms with E-state index in [0.717, 1.165) is 18.6 Å². The quantitative estimate of drug-likeness (QED) is 0.436. The minimum atomic E-state index is -0.302. The largest absolute Gasteiger partial charge is 0.494 e. The number of carbonyl (C=O) groups is 2. The zero-order valence-electron chi connectivity index (χ0n) is 17.0. The van der Waals surface area contributed by atoms with Crippen molar-refractivity contribution in [2.75, 3.05) is 17.2 Å². The van der Waals surface area contributed by atoms with Crippen molar-refractivity contribution in [1.82, 2.24) is 5.32 Å². The molecule has 7 heteroatoms. The lowest BCUT2D eigenvalue weighted by Crippen LogP contribution is -2.34. The lowest BCUT2D eigenvalue weighted by atomic mass is 10.2. The molecule has 0 radical (unpaired) electrons. The van der Waals surface area contributed by atoms with E-state index in [9.17, 15) is 9.59 Å². The topological polar surface area (TPSA) is 79.5 Å². The van der Waals surface area contributed by atoms with E-state index >= 15 is 0 Å². The number of hydrogen-bond acceptors (Lipinski definition) is 4. The maximum absolute atomic E-state index is 12.3. The van der Waals surface area contributed by atoms with Crippen LogP contribution in [0.1, 0.15) is 44.0 Å². The molecule has 0 fully saturated rings. The fourth-order valence-electron chi connectivity index (χ4n) is 2.30. The SMILES string of the molecule is CCCCOc1ccc(C(=O)NC(=S)Nc2ccc(NC(=O)C(C)C)cc2)cc1. The first-order chi connectivity index (χ1) is 13.9. The number of nitrogens with one attached hydrogen (secondary N) is 3. The Morgan fingerprint density at radius 1 is 0.966 bits per heavy atom. The van der Waals surface area contributed by atoms with Crippen molar-refractivity contribution in [1.29, 1.82) is 0 Å². The molecule has 29 heavy (non-hydrogen) atoms. The van der Waals surface area contributed by atoms with Crippen molar-refractivity contribution in [3.8, 4) is 5.75 Å². The van der Waals surface area contributed by atoms with Crippen LogP contribution in [0, 0.1) is 5.92 Å². The van der Waals surface area contributed by atoms with E-state index < -0.39 is 0 Å². The molecule has 0 unspecified atom stereocenters. The van der Waals surface area contributed by atoms with Gasteiger partial charge in [0.15, 0.2) is 5.11 Å². The van der Waals surface area contributed by atoms with Crippen LogP contribution in [0.3, 0.4) is 0 Å². The van der Waals surface area contributed by atoms with Crippen LogP contribution >= 0.6 is 12.2 Å². The Hall–Kier alpha value is -2.93. The van der Waals surface area contributed by atoms with E-state index in [1.807, 2.05) is 13.8 Å². The van der Waals surface area contributed by atoms with Gasteiger partial charge in [-0.1, -0.05) is 27.2 Å². The zero-order valence-corrected chi connectivity index (χ0v) is 17.8. The molecule has 2 aromatic carbocycles. The molecule has 0 aliphatic heterocycles. The third-order valence-electron chi connectivity index (χ3n) is 4.04. The molecule has 0 heterocycles. The normalized spacial score (nSPS) is 10.3. The molecular weight excluding hydrogens is 386 g/mol. The summed E-state index contributed by atoms with van der Waals surface area (Å²) in [5.41, 5.74) is 1.90. The van der Waals surface area contributed by atoms with Crippen LogP contribution < -0.4 is 20.7 Å². The molecule has 2 amide bonds. The lowest BCUT2D eigenvalue weighted by Gasteiger charge is -2.12. The van der Waals surface area contributed by atoms with Gasteiger partial charge in [0.1, 0.15) is 5.75 Å². The highest BCUT2D eigenvalue weighted by molar-refractivity contribution is 7.80. The summed E-state index contributed by atoms with van der Waals surface area (Å²) in [7, 11) is 0. The number of anilines is 2. The van der Waals surface area contributed by atoms with Crippen LogP contribution in [-0.2, 0) is 4.79 Å². The van der Waals surface area contributed by atoms with Crippen LogP contribution in [0.25, 0.3) is 0 Å². The van der Waals surface area contributed by atoms with Crippen molar-refractivity contribution in [2.45, 2.75) is 33.6 Å². The van der Waals surface area contributed by atoms with E-state index in [1.54, 1.807) is 48.5 Å². The van der Waals surface area contributed by atoms with E-state index in [4.69, 9.17) is 17.0 Å². The predicted octanol–water partition coefficient (Wildman–Crippen LogP) is 4.59. The van der Waals surface area contributed by atoms with Gasteiger partial charge in [0, 0.05) is 22.9 Å². The standard InChI is InChI=1S/C22H27N3O3S/c1-4-5-14-28-19-12-6-16(7-13-19)21(27)25-22(29)24-18-10-8-17(9-11-18)23-20(26)15(2)3/h6-13,15H,4-5,14H2,1-3H3,(H,23,26)(H2,24,25,27,29). The highest BCUT2D eigenvalue weighted by atomic mass is 32.1. The van der Waals surface area contributed by atoms with Gasteiger partial charge < -0.3 is 15.4 Å². The first-order valence-electron chi connectivity index (χ1n) is 9.65. The van der Waals surface area contributed by atoms with Gasteiger partial charge in [-0.3, -0.25) is 14.9 Å². The summed E-state index contributed by atoms with van der Waals surface area (Å²) in [6, 6.07) is 14.0. The Labute approximate surface area is 177 Å². The van der Waals surface area contributed by atoms with E-state index in [1.165, 1.54) is 0 Å². The summed E-state index contributed by atoms with van der Waals surface area (Å²) in [5, 5.41) is 8.61. The number of hydrogen-bond donors (Lipinski definition) is 3. The average Bonchev–Trinajstić information content (AvgIpc) is 2.70. The van der Waals surface area contributed by atoms with Crippen molar-refractivity contribution >= 4 is 40.5 Å². The molecular formula is C22H27N3O3S. The molecule has 0 aliphatic carbocycles. The zero-order chi connectivity index (χ0) is 21.2. The van der Waals surface area contributed by atoms with Crippen molar-refractivity contribution < 1.29 is 14.3 Å². The highest BCUT2D eigenvalue weighted by Gasteiger charge is 2.09. The van der Waals surface area contributed by atoms with Crippen LogP contribution in [0.5, 0.6) is 5.75 Å². The summed E-state index contributed by atoms with van der Waals surface area (Å²) >= 11 is 5.21. The summed E-state index contributed by atoms with van der Waals surface area (Å²) < 4.78 is 5.59. The van der Waals surface area contributed by atoms with Crippen LogP contribution in [-0.4, -0.2) is 23.5 Å². The Kier molecular flexibility index (Phi) is 8.61. The van der Waals surface area contributed by atoms with Gasteiger partial charge in [0.05, 0.1) is 6.61 Å². The maximum Gasteiger partial charge on any atom is 0.257 e. The number of benzene rings is 2. The third-order valence-corrected chi connectivity index (χ3v) is 4.25. The average molecular weight is 414 g/mol. The number of thiocarbonyl (C=S) groups is 1. The number of unbranched alkanes of at least 4 members (excludes halogenated alkanes) is 1. The monoisotopic (exact) mass is 413 g/mol. The molecule has 0 aliphatic rings. The van der Waals surface area contributed by atoms with Crippen LogP contribution in [0.15, 0.2) is 48.5 Å². The fourth-order valence-corrected chi connectivity index (χ4v) is 2.51. The number of ether oxygens (including phenoxy) is 1. The minimum Gasteiger partial charge on any atom is -0.494 e. The third kappa shape index (κ3) is 7.54. The minimum absolute atomic E-state index is 0.0460. The van der Waals surface area contributed by atoms with E-state index in [2.05, 4.69) is 22.9 Å². The molecule has 0 aromatic heterocycles. The van der Waals surface area contributed by atoms with E-state index in [0.29, 0.717) is 23.5 Å². The van der Waals surface area contributed by atoms with Gasteiger partial charge in [-0.2, -0.15) is 0 Å². The molecule has 0 bridgehead atoms. The maximum atomic E-state index is 12.3. The summed E-state index contributed by atoms with van der Waals surface area (Å²) in [6.45, 7) is 6.43. The number of rotatable bonds is 8. The van der Waals surface area contributed by atoms with Crippen LogP contribution in [0.2, 0.25) is 0 Å². The van der Waals surface area contributed by atoms with Gasteiger partial charge in [-0.25, -0.2) is 0 Å². The summed E-state index contributed by atoms with van der Waals surface area (Å²) in [6.07, 6.45) is 2.06. The van der Waals surface area contributed by atoms with Gasteiger partial charge in [0.25, 0.3) is 5.91 Å². The van der Waals surface area contributed by atoms with Gasteiger partial charge in [-0.15, -0.1) is 0 Å². The molecule has 0 spiro atoms. The van der Waals surface area contributed by atoms with Gasteiger partial charge >= 0.3 is 0 Å². The lowest BCUT2D eigenvalue weighted by molar-refractivity contribution is -0.118. The van der Waals surface area contributed by atoms with Crippen molar-refractivity contribution in [3.05, 3.63) is 54.1 Å². The smallest absolute Gasteiger partial charge is 0.257 e. The second-order valence-corrected chi connectivity index (χ2v) is 7.26. The van der Waals surface area contributed by atoms with Crippen LogP contribution in [0.4, 0.5) is 11.4 Å². The molecule has 3 N–H and O–H groups in total. The second kappa shape index (κ2) is 11.2. The molecule has 2 aromatic rings. The Morgan fingerprint density at radius 2 is 1.55 bits per heavy atom. The first kappa shape index (κ1) is 22.4. The predicted molar refractivity (Wildman–Crippen MR) is 120 cm³/mol. The highest BCUT2D eigenvalue weighted by Crippen LogP contribution is 2.15. The molecule has 154 valence electrons. The number of amides is 2. The number of carbonyl (C=O) groups excluding carboxylic acids is 2. The van der Waals surface area contributed by atoms with Gasteiger partial charge in [0.2, 0.25) is 5.91 Å². The molecule has 0 saturated carbocycles. The van der Waals surface area contributed by atoms with Gasteiger partial charge in [-0.05, 0) is 67.2 Å². The molecule has 0 saturated heterocycles. The summed E-state index contributed by atoms with van der Waals surface area (Å²) in [4.78, 5) is 24.0. The van der Waals surface area contributed by atoms with Crippen molar-refractivity contribution in [2.24, 2.45) is 5.92 Å². The molecule has 6 nitrogen and oxygen atoms in total. The Bertz CT molecular complexity index is 833. The second-order valence-electron chi connectivity index (χ2n) is 6.86. The molecule has 0 atom stereocenters.